The van der Waals surface area contributed by atoms with Crippen LogP contribution in [0.2, 0.25) is 10.0 Å². The normalized spacial score (nSPS) is 16.6. The molecule has 5 rings (SSSR count). The van der Waals surface area contributed by atoms with Gasteiger partial charge in [0.05, 0.1) is 41.2 Å². The van der Waals surface area contributed by atoms with Crippen LogP contribution in [-0.4, -0.2) is 63.4 Å². The van der Waals surface area contributed by atoms with Crippen LogP contribution in [0.25, 0.3) is 22.4 Å². The van der Waals surface area contributed by atoms with E-state index in [2.05, 4.69) is 15.7 Å². The smallest absolute Gasteiger partial charge is 0.279 e. The summed E-state index contributed by atoms with van der Waals surface area (Å²) in [6, 6.07) is 15.1. The van der Waals surface area contributed by atoms with Gasteiger partial charge in [0.1, 0.15) is 5.56 Å². The first-order valence-corrected chi connectivity index (χ1v) is 14.1. The molecule has 1 amide bonds. The summed E-state index contributed by atoms with van der Waals surface area (Å²) >= 11 is 13.7. The van der Waals surface area contributed by atoms with E-state index < -0.39 is 23.5 Å². The van der Waals surface area contributed by atoms with Gasteiger partial charge in [-0.25, -0.2) is 9.67 Å². The van der Waals surface area contributed by atoms with E-state index in [-0.39, 0.29) is 22.3 Å². The first kappa shape index (κ1) is 30.5. The highest BCUT2D eigenvalue weighted by Crippen LogP contribution is 2.41. The van der Waals surface area contributed by atoms with Crippen LogP contribution in [0.4, 0.5) is 5.69 Å². The van der Waals surface area contributed by atoms with Crippen LogP contribution in [0.15, 0.2) is 59.4 Å². The molecule has 1 aliphatic rings. The quantitative estimate of drug-likeness (QED) is 0.228. The van der Waals surface area contributed by atoms with Crippen molar-refractivity contribution < 1.29 is 24.5 Å². The van der Waals surface area contributed by atoms with Crippen LogP contribution in [0.1, 0.15) is 22.3 Å². The average molecular weight is 626 g/mol. The van der Waals surface area contributed by atoms with Crippen LogP contribution >= 0.6 is 23.2 Å². The number of rotatable bonds is 8. The number of hydrogen-bond donors (Lipinski definition) is 4. The Bertz CT molecular complexity index is 1730. The highest BCUT2D eigenvalue weighted by atomic mass is 35.5. The monoisotopic (exact) mass is 625 g/mol. The van der Waals surface area contributed by atoms with Gasteiger partial charge >= 0.3 is 0 Å². The number of carbonyl (C=O) groups excluding carboxylic acids is 1. The predicted octanol–water partition coefficient (Wildman–Crippen LogP) is 4.02. The molecule has 1 fully saturated rings. The lowest BCUT2D eigenvalue weighted by atomic mass is 10.00. The standard InChI is InChI=1S/C30H29Cl2N5O6/c1-37-30(41)20(13-25(39)36-37)28(40)34-23-8-4-6-18(27(23)32)17-5-3-7-19(26(17)31)21-10-9-16(29(35-21)42-2)14-33-22-11-12-43-15-24(22)38/h3-10,13,22,24,33,38H,11-12,14-15H2,1-2H3,(H,34,40)(H,36,39)/t22?,24-/m0/s1. The Morgan fingerprint density at radius 1 is 1.12 bits per heavy atom. The van der Waals surface area contributed by atoms with Crippen LogP contribution in [0.3, 0.4) is 0 Å². The summed E-state index contributed by atoms with van der Waals surface area (Å²) in [5, 5.41) is 30.1. The Morgan fingerprint density at radius 3 is 2.58 bits per heavy atom. The molecule has 0 aliphatic carbocycles. The van der Waals surface area contributed by atoms with E-state index in [9.17, 15) is 19.8 Å². The number of aromatic nitrogens is 3. The van der Waals surface area contributed by atoms with Crippen LogP contribution in [0.5, 0.6) is 11.8 Å². The molecule has 43 heavy (non-hydrogen) atoms. The number of carbonyl (C=O) groups is 1. The number of nitrogens with zero attached hydrogens (tertiary/aromatic N) is 3. The number of benzene rings is 2. The molecule has 1 unspecified atom stereocenters. The number of anilines is 1. The number of halogens is 2. The van der Waals surface area contributed by atoms with Gasteiger partial charge in [-0.3, -0.25) is 9.59 Å². The molecular weight excluding hydrogens is 597 g/mol. The fourth-order valence-electron chi connectivity index (χ4n) is 4.85. The molecule has 0 spiro atoms. The minimum Gasteiger partial charge on any atom is -0.492 e. The molecule has 2 aromatic heterocycles. The molecule has 0 saturated carbocycles. The molecule has 13 heteroatoms. The summed E-state index contributed by atoms with van der Waals surface area (Å²) in [5.41, 5.74) is 2.45. The number of pyridine rings is 1. The highest BCUT2D eigenvalue weighted by Gasteiger charge is 2.24. The number of methoxy groups -OCH3 is 1. The zero-order valence-electron chi connectivity index (χ0n) is 23.3. The topological polar surface area (TPSA) is 148 Å². The Labute approximate surface area is 257 Å². The lowest BCUT2D eigenvalue weighted by Crippen LogP contribution is -2.46. The van der Waals surface area contributed by atoms with Gasteiger partial charge in [-0.05, 0) is 18.6 Å². The fourth-order valence-corrected chi connectivity index (χ4v) is 5.45. The molecule has 0 radical (unpaired) electrons. The first-order chi connectivity index (χ1) is 20.7. The van der Waals surface area contributed by atoms with Crippen molar-refractivity contribution in [1.82, 2.24) is 20.1 Å². The number of aliphatic hydroxyl groups excluding tert-OH is 1. The van der Waals surface area contributed by atoms with E-state index in [4.69, 9.17) is 37.7 Å². The van der Waals surface area contributed by atoms with Crippen LogP contribution in [-0.2, 0) is 18.3 Å². The molecule has 1 aliphatic heterocycles. The van der Waals surface area contributed by atoms with Crippen molar-refractivity contribution in [2.24, 2.45) is 7.05 Å². The number of ether oxygens (including phenoxy) is 2. The number of amides is 1. The molecule has 2 atom stereocenters. The average Bonchev–Trinajstić information content (AvgIpc) is 3.00. The second-order valence-electron chi connectivity index (χ2n) is 9.92. The van der Waals surface area contributed by atoms with Crippen molar-refractivity contribution in [3.63, 3.8) is 0 Å². The number of hydrogen-bond acceptors (Lipinski definition) is 9. The minimum atomic E-state index is -0.755. The van der Waals surface area contributed by atoms with Crippen molar-refractivity contribution >= 4 is 34.8 Å². The minimum absolute atomic E-state index is 0.0863. The predicted molar refractivity (Wildman–Crippen MR) is 163 cm³/mol. The maximum absolute atomic E-state index is 12.9. The zero-order chi connectivity index (χ0) is 30.7. The van der Waals surface area contributed by atoms with Crippen LogP contribution < -0.4 is 20.9 Å². The van der Waals surface area contributed by atoms with E-state index in [0.717, 1.165) is 16.3 Å². The fraction of sp³-hybridized carbons (Fsp3) is 0.267. The van der Waals surface area contributed by atoms with Crippen molar-refractivity contribution in [2.45, 2.75) is 25.1 Å². The maximum Gasteiger partial charge on any atom is 0.279 e. The van der Waals surface area contributed by atoms with Gasteiger partial charge in [0.15, 0.2) is 0 Å². The van der Waals surface area contributed by atoms with Gasteiger partial charge in [0, 0.05) is 54.6 Å². The van der Waals surface area contributed by atoms with E-state index in [0.29, 0.717) is 59.5 Å². The third-order valence-corrected chi connectivity index (χ3v) is 7.93. The van der Waals surface area contributed by atoms with Gasteiger partial charge < -0.3 is 30.3 Å². The number of aromatic hydroxyl groups is 1. The summed E-state index contributed by atoms with van der Waals surface area (Å²) in [7, 11) is 2.87. The van der Waals surface area contributed by atoms with E-state index in [1.165, 1.54) is 7.05 Å². The van der Waals surface area contributed by atoms with E-state index in [1.807, 2.05) is 24.3 Å². The summed E-state index contributed by atoms with van der Waals surface area (Å²) in [6.45, 7) is 1.34. The SMILES string of the molecule is COc1nc(-c2cccc(-c3cccc(NC(=O)c4cc(O)nn(C)c4=O)c3Cl)c2Cl)ccc1CNC1CCOC[C@@H]1O. The first-order valence-electron chi connectivity index (χ1n) is 13.4. The van der Waals surface area contributed by atoms with Crippen molar-refractivity contribution in [3.05, 3.63) is 86.1 Å². The van der Waals surface area contributed by atoms with Gasteiger partial charge in [-0.1, -0.05) is 59.6 Å². The Kier molecular flexibility index (Phi) is 9.28. The second kappa shape index (κ2) is 13.1. The van der Waals surface area contributed by atoms with Crippen molar-refractivity contribution in [2.75, 3.05) is 25.6 Å². The molecule has 3 heterocycles. The second-order valence-corrected chi connectivity index (χ2v) is 10.7. The molecule has 4 aromatic rings. The highest BCUT2D eigenvalue weighted by molar-refractivity contribution is 6.39. The molecule has 11 nitrogen and oxygen atoms in total. The lowest BCUT2D eigenvalue weighted by molar-refractivity contribution is -0.0281. The zero-order valence-corrected chi connectivity index (χ0v) is 24.8. The largest absolute Gasteiger partial charge is 0.492 e. The molecule has 0 bridgehead atoms. The van der Waals surface area contributed by atoms with Crippen molar-refractivity contribution in [1.29, 1.82) is 0 Å². The van der Waals surface area contributed by atoms with Gasteiger partial charge in [-0.2, -0.15) is 0 Å². The third-order valence-electron chi connectivity index (χ3n) is 7.12. The van der Waals surface area contributed by atoms with Crippen LogP contribution in [0, 0.1) is 0 Å². The summed E-state index contributed by atoms with van der Waals surface area (Å²) in [6.07, 6.45) is 0.125. The summed E-state index contributed by atoms with van der Waals surface area (Å²) < 4.78 is 11.7. The Balaban J connectivity index is 1.41. The van der Waals surface area contributed by atoms with Gasteiger partial charge in [0.2, 0.25) is 11.8 Å². The van der Waals surface area contributed by atoms with E-state index in [1.54, 1.807) is 31.4 Å². The van der Waals surface area contributed by atoms with Gasteiger partial charge in [-0.15, -0.1) is 5.10 Å². The third kappa shape index (κ3) is 6.51. The lowest BCUT2D eigenvalue weighted by Gasteiger charge is -2.28. The number of aryl methyl sites for hydroxylation is 1. The van der Waals surface area contributed by atoms with E-state index >= 15 is 0 Å². The molecule has 224 valence electrons. The molecular formula is C30H29Cl2N5O6. The Hall–Kier alpha value is -4.00. The molecule has 2 aromatic carbocycles. The summed E-state index contributed by atoms with van der Waals surface area (Å²) in [5.74, 6) is -0.804. The molecule has 4 N–H and O–H groups in total. The number of aliphatic hydroxyl groups is 1. The number of nitrogens with one attached hydrogen (secondary N) is 2. The molecule has 1 saturated heterocycles. The van der Waals surface area contributed by atoms with Gasteiger partial charge in [0.25, 0.3) is 11.5 Å². The maximum atomic E-state index is 12.9. The Morgan fingerprint density at radius 2 is 1.84 bits per heavy atom. The van der Waals surface area contributed by atoms with Crippen molar-refractivity contribution in [3.8, 4) is 34.1 Å². The summed E-state index contributed by atoms with van der Waals surface area (Å²) in [4.78, 5) is 30.0.